The van der Waals surface area contributed by atoms with Crippen LogP contribution in [0.2, 0.25) is 0 Å². The number of methoxy groups -OCH3 is 2. The first-order valence-electron chi connectivity index (χ1n) is 14.1. The zero-order valence-electron chi connectivity index (χ0n) is 24.5. The molecule has 0 radical (unpaired) electrons. The molecule has 0 aromatic heterocycles. The van der Waals surface area contributed by atoms with E-state index in [0.29, 0.717) is 44.7 Å². The molecule has 2 N–H and O–H groups in total. The summed E-state index contributed by atoms with van der Waals surface area (Å²) < 4.78 is 37.5. The predicted octanol–water partition coefficient (Wildman–Crippen LogP) is 3.72. The van der Waals surface area contributed by atoms with Gasteiger partial charge in [0.05, 0.1) is 12.0 Å². The molecule has 0 saturated carbocycles. The molecule has 1 unspecified atom stereocenters. The summed E-state index contributed by atoms with van der Waals surface area (Å²) in [6, 6.07) is 22.9. The van der Waals surface area contributed by atoms with Crippen LogP contribution in [0.5, 0.6) is 5.75 Å². The van der Waals surface area contributed by atoms with Crippen molar-refractivity contribution in [2.24, 2.45) is 0 Å². The summed E-state index contributed by atoms with van der Waals surface area (Å²) in [5.74, 6) is 0.297. The maximum Gasteiger partial charge on any atom is 0.243 e. The smallest absolute Gasteiger partial charge is 0.243 e. The van der Waals surface area contributed by atoms with Crippen molar-refractivity contribution in [1.29, 1.82) is 0 Å². The summed E-state index contributed by atoms with van der Waals surface area (Å²) in [5, 5.41) is 2.99. The average Bonchev–Trinajstić information content (AvgIpc) is 3.00. The van der Waals surface area contributed by atoms with Gasteiger partial charge in [-0.3, -0.25) is 9.59 Å². The summed E-state index contributed by atoms with van der Waals surface area (Å²) >= 11 is 0. The number of aryl methyl sites for hydroxylation is 1. The summed E-state index contributed by atoms with van der Waals surface area (Å²) in [6.07, 6.45) is 1.56. The Kier molecular flexibility index (Phi) is 13.0. The lowest BCUT2D eigenvalue weighted by Crippen LogP contribution is -2.50. The Morgan fingerprint density at radius 2 is 1.55 bits per heavy atom. The molecule has 0 saturated heterocycles. The number of nitrogens with zero attached hydrogens (tertiary/aromatic N) is 1. The van der Waals surface area contributed by atoms with Crippen molar-refractivity contribution < 1.29 is 27.5 Å². The third kappa shape index (κ3) is 9.97. The minimum atomic E-state index is -3.56. The molecule has 226 valence electrons. The lowest BCUT2D eigenvalue weighted by molar-refractivity contribution is -0.141. The fourth-order valence-corrected chi connectivity index (χ4v) is 5.57. The number of nitrogens with one attached hydrogen (secondary N) is 2. The molecule has 1 atom stereocenters. The van der Waals surface area contributed by atoms with Gasteiger partial charge in [-0.25, -0.2) is 13.1 Å². The molecular weight excluding hydrogens is 554 g/mol. The number of ether oxygens (including phenoxy) is 2. The van der Waals surface area contributed by atoms with Crippen LogP contribution in [0.4, 0.5) is 0 Å². The Labute approximate surface area is 249 Å². The minimum absolute atomic E-state index is 0.151. The SMILES string of the molecule is CCNS(=O)(=O)c1ccc(CCC(=O)N(Cc2ccc(OC)cc2)C(Cc2ccccc2)C(=O)NCCCOC)cc1. The van der Waals surface area contributed by atoms with Crippen molar-refractivity contribution >= 4 is 21.8 Å². The first-order chi connectivity index (χ1) is 20.3. The molecule has 3 rings (SSSR count). The van der Waals surface area contributed by atoms with Crippen LogP contribution in [0, 0.1) is 0 Å². The second-order valence-electron chi connectivity index (χ2n) is 9.86. The molecule has 0 aliphatic carbocycles. The number of rotatable bonds is 17. The van der Waals surface area contributed by atoms with Crippen molar-refractivity contribution in [2.45, 2.75) is 50.1 Å². The molecule has 0 aliphatic rings. The van der Waals surface area contributed by atoms with Crippen molar-refractivity contribution in [2.75, 3.05) is 33.9 Å². The van der Waals surface area contributed by atoms with Crippen LogP contribution in [0.25, 0.3) is 0 Å². The molecule has 2 amide bonds. The number of hydrogen-bond donors (Lipinski definition) is 2. The van der Waals surface area contributed by atoms with E-state index < -0.39 is 16.1 Å². The zero-order valence-corrected chi connectivity index (χ0v) is 25.4. The van der Waals surface area contributed by atoms with Crippen LogP contribution in [0.15, 0.2) is 83.8 Å². The van der Waals surface area contributed by atoms with E-state index in [1.807, 2.05) is 54.6 Å². The number of sulfonamides is 1. The summed E-state index contributed by atoms with van der Waals surface area (Å²) in [5.41, 5.74) is 2.64. The highest BCUT2D eigenvalue weighted by Gasteiger charge is 2.30. The number of benzene rings is 3. The largest absolute Gasteiger partial charge is 0.497 e. The molecule has 0 spiro atoms. The quantitative estimate of drug-likeness (QED) is 0.230. The van der Waals surface area contributed by atoms with E-state index in [1.165, 1.54) is 0 Å². The Balaban J connectivity index is 1.85. The molecule has 0 heterocycles. The first-order valence-corrected chi connectivity index (χ1v) is 15.6. The zero-order chi connectivity index (χ0) is 30.4. The van der Waals surface area contributed by atoms with E-state index in [1.54, 1.807) is 50.3 Å². The van der Waals surface area contributed by atoms with E-state index in [9.17, 15) is 18.0 Å². The van der Waals surface area contributed by atoms with Gasteiger partial charge in [0, 0.05) is 46.2 Å². The molecule has 0 fully saturated rings. The highest BCUT2D eigenvalue weighted by atomic mass is 32.2. The van der Waals surface area contributed by atoms with Crippen LogP contribution in [-0.2, 0) is 43.7 Å². The summed E-state index contributed by atoms with van der Waals surface area (Å²) in [4.78, 5) is 29.3. The van der Waals surface area contributed by atoms with Gasteiger partial charge in [0.2, 0.25) is 21.8 Å². The van der Waals surface area contributed by atoms with Gasteiger partial charge in [-0.1, -0.05) is 61.5 Å². The third-order valence-corrected chi connectivity index (χ3v) is 8.36. The number of hydrogen-bond acceptors (Lipinski definition) is 6. The van der Waals surface area contributed by atoms with Crippen LogP contribution in [-0.4, -0.2) is 65.1 Å². The Morgan fingerprint density at radius 3 is 2.17 bits per heavy atom. The highest BCUT2D eigenvalue weighted by Crippen LogP contribution is 2.19. The lowest BCUT2D eigenvalue weighted by atomic mass is 10.0. The van der Waals surface area contributed by atoms with Crippen molar-refractivity contribution in [3.05, 3.63) is 95.6 Å². The van der Waals surface area contributed by atoms with Gasteiger partial charge in [0.1, 0.15) is 11.8 Å². The van der Waals surface area contributed by atoms with Crippen molar-refractivity contribution in [3.8, 4) is 5.75 Å². The van der Waals surface area contributed by atoms with E-state index in [2.05, 4.69) is 10.0 Å². The Morgan fingerprint density at radius 1 is 0.881 bits per heavy atom. The average molecular weight is 596 g/mol. The number of carbonyl (C=O) groups is 2. The van der Waals surface area contributed by atoms with E-state index in [0.717, 1.165) is 16.7 Å². The van der Waals surface area contributed by atoms with E-state index in [4.69, 9.17) is 9.47 Å². The highest BCUT2D eigenvalue weighted by molar-refractivity contribution is 7.89. The predicted molar refractivity (Wildman–Crippen MR) is 163 cm³/mol. The molecule has 42 heavy (non-hydrogen) atoms. The van der Waals surface area contributed by atoms with E-state index >= 15 is 0 Å². The lowest BCUT2D eigenvalue weighted by Gasteiger charge is -2.32. The summed E-state index contributed by atoms with van der Waals surface area (Å²) in [6.45, 7) is 3.22. The standard InChI is InChI=1S/C32H41N3O6S/c1-4-34-42(38,39)29-18-13-25(14-19-29)15-20-31(36)35(24-27-11-16-28(41-3)17-12-27)30(23-26-9-6-5-7-10-26)32(37)33-21-8-22-40-2/h5-7,9-14,16-19,30,34H,4,8,15,20-24H2,1-3H3,(H,33,37). The van der Waals surface area contributed by atoms with Gasteiger partial charge in [0.25, 0.3) is 0 Å². The van der Waals surface area contributed by atoms with E-state index in [-0.39, 0.29) is 29.7 Å². The Bertz CT molecular complexity index is 1360. The second-order valence-corrected chi connectivity index (χ2v) is 11.6. The van der Waals surface area contributed by atoms with Gasteiger partial charge >= 0.3 is 0 Å². The maximum absolute atomic E-state index is 13.9. The van der Waals surface area contributed by atoms with Gasteiger partial charge in [-0.15, -0.1) is 0 Å². The number of amides is 2. The topological polar surface area (TPSA) is 114 Å². The second kappa shape index (κ2) is 16.6. The fourth-order valence-electron chi connectivity index (χ4n) is 4.53. The maximum atomic E-state index is 13.9. The van der Waals surface area contributed by atoms with Gasteiger partial charge in [-0.05, 0) is 53.8 Å². The fraction of sp³-hybridized carbons (Fsp3) is 0.375. The van der Waals surface area contributed by atoms with Crippen LogP contribution < -0.4 is 14.8 Å². The third-order valence-electron chi connectivity index (χ3n) is 6.80. The summed E-state index contributed by atoms with van der Waals surface area (Å²) in [7, 11) is -0.351. The molecule has 0 bridgehead atoms. The molecule has 3 aromatic rings. The number of carbonyl (C=O) groups excluding carboxylic acids is 2. The van der Waals surface area contributed by atoms with Crippen LogP contribution >= 0.6 is 0 Å². The van der Waals surface area contributed by atoms with Gasteiger partial charge in [0.15, 0.2) is 0 Å². The molecule has 0 aliphatic heterocycles. The molecule has 3 aromatic carbocycles. The first kappa shape index (κ1) is 32.8. The Hall–Kier alpha value is -3.73. The van der Waals surface area contributed by atoms with Crippen molar-refractivity contribution in [1.82, 2.24) is 14.9 Å². The monoisotopic (exact) mass is 595 g/mol. The van der Waals surface area contributed by atoms with Crippen molar-refractivity contribution in [3.63, 3.8) is 0 Å². The molecular formula is C32H41N3O6S. The van der Waals surface area contributed by atoms with Gasteiger partial charge < -0.3 is 19.7 Å². The van der Waals surface area contributed by atoms with Crippen LogP contribution in [0.3, 0.4) is 0 Å². The molecule has 10 heteroatoms. The van der Waals surface area contributed by atoms with Gasteiger partial charge in [-0.2, -0.15) is 0 Å². The normalized spacial score (nSPS) is 12.0. The minimum Gasteiger partial charge on any atom is -0.497 e. The molecule has 9 nitrogen and oxygen atoms in total. The van der Waals surface area contributed by atoms with Crippen LogP contribution in [0.1, 0.15) is 36.5 Å².